The van der Waals surface area contributed by atoms with Gasteiger partial charge in [-0.1, -0.05) is 13.0 Å². The van der Waals surface area contributed by atoms with Crippen molar-refractivity contribution in [1.29, 1.82) is 0 Å². The first-order valence-electron chi connectivity index (χ1n) is 6.61. The lowest BCUT2D eigenvalue weighted by atomic mass is 10.1. The summed E-state index contributed by atoms with van der Waals surface area (Å²) in [7, 11) is 0. The molecular weight excluding hydrogens is 252 g/mol. The molecule has 0 saturated carbocycles. The van der Waals surface area contributed by atoms with Crippen LogP contribution in [0.5, 0.6) is 0 Å². The summed E-state index contributed by atoms with van der Waals surface area (Å²) in [6.45, 7) is 4.55. The Hall–Kier alpha value is -2.36. The molecule has 0 spiro atoms. The number of nitrogens with one attached hydrogen (secondary N) is 1. The van der Waals surface area contributed by atoms with Crippen molar-refractivity contribution in [3.8, 4) is 0 Å². The largest absolute Gasteiger partial charge is 0.478 e. The van der Waals surface area contributed by atoms with Gasteiger partial charge in [-0.25, -0.2) is 4.79 Å². The van der Waals surface area contributed by atoms with Crippen LogP contribution in [-0.2, 0) is 13.0 Å². The number of nitrogens with zero attached hydrogens (tertiary/aromatic N) is 1. The number of aromatic nitrogens is 1. The SMILES string of the molecule is CCc1ccc(CNc2cc(C)cc(C(=O)O)c2)nc1. The van der Waals surface area contributed by atoms with Gasteiger partial charge < -0.3 is 10.4 Å². The third-order valence-electron chi connectivity index (χ3n) is 3.09. The Morgan fingerprint density at radius 1 is 1.30 bits per heavy atom. The number of anilines is 1. The first-order valence-corrected chi connectivity index (χ1v) is 6.61. The number of hydrogen-bond acceptors (Lipinski definition) is 3. The Labute approximate surface area is 118 Å². The topological polar surface area (TPSA) is 62.2 Å². The molecule has 0 bridgehead atoms. The number of rotatable bonds is 5. The van der Waals surface area contributed by atoms with Gasteiger partial charge in [0.05, 0.1) is 17.8 Å². The van der Waals surface area contributed by atoms with Gasteiger partial charge in [0.1, 0.15) is 0 Å². The van der Waals surface area contributed by atoms with Crippen LogP contribution in [0, 0.1) is 6.92 Å². The van der Waals surface area contributed by atoms with Gasteiger partial charge >= 0.3 is 5.97 Å². The fourth-order valence-electron chi connectivity index (χ4n) is 1.97. The van der Waals surface area contributed by atoms with E-state index in [-0.39, 0.29) is 0 Å². The second-order valence-corrected chi connectivity index (χ2v) is 4.76. The molecule has 0 unspecified atom stereocenters. The average molecular weight is 270 g/mol. The maximum Gasteiger partial charge on any atom is 0.335 e. The van der Waals surface area contributed by atoms with Gasteiger partial charge in [-0.2, -0.15) is 0 Å². The monoisotopic (exact) mass is 270 g/mol. The van der Waals surface area contributed by atoms with Crippen molar-refractivity contribution in [2.24, 2.45) is 0 Å². The fraction of sp³-hybridized carbons (Fsp3) is 0.250. The zero-order valence-corrected chi connectivity index (χ0v) is 11.7. The van der Waals surface area contributed by atoms with Crippen molar-refractivity contribution in [1.82, 2.24) is 4.98 Å². The van der Waals surface area contributed by atoms with Crippen molar-refractivity contribution >= 4 is 11.7 Å². The molecule has 1 aromatic heterocycles. The molecule has 0 atom stereocenters. The summed E-state index contributed by atoms with van der Waals surface area (Å²) in [4.78, 5) is 15.4. The maximum absolute atomic E-state index is 11.0. The molecular formula is C16H18N2O2. The summed E-state index contributed by atoms with van der Waals surface area (Å²) in [5.41, 5.74) is 4.14. The minimum atomic E-state index is -0.915. The predicted molar refractivity (Wildman–Crippen MR) is 79.1 cm³/mol. The summed E-state index contributed by atoms with van der Waals surface area (Å²) in [5, 5.41) is 12.2. The van der Waals surface area contributed by atoms with Crippen LogP contribution in [0.3, 0.4) is 0 Å². The number of benzene rings is 1. The molecule has 0 fully saturated rings. The van der Waals surface area contributed by atoms with Gasteiger partial charge in [0.2, 0.25) is 0 Å². The fourth-order valence-corrected chi connectivity index (χ4v) is 1.97. The van der Waals surface area contributed by atoms with Crippen molar-refractivity contribution in [2.45, 2.75) is 26.8 Å². The number of pyridine rings is 1. The van der Waals surface area contributed by atoms with Crippen LogP contribution in [0.2, 0.25) is 0 Å². The lowest BCUT2D eigenvalue weighted by molar-refractivity contribution is 0.0697. The summed E-state index contributed by atoms with van der Waals surface area (Å²) < 4.78 is 0. The molecule has 0 aliphatic heterocycles. The molecule has 20 heavy (non-hydrogen) atoms. The number of carbonyl (C=O) groups is 1. The number of carboxylic acids is 1. The normalized spacial score (nSPS) is 10.3. The summed E-state index contributed by atoms with van der Waals surface area (Å²) >= 11 is 0. The molecule has 4 heteroatoms. The van der Waals surface area contributed by atoms with Crippen molar-refractivity contribution in [2.75, 3.05) is 5.32 Å². The van der Waals surface area contributed by atoms with Gasteiger partial charge in [-0.05, 0) is 48.7 Å². The number of carboxylic acid groups (broad SMARTS) is 1. The van der Waals surface area contributed by atoms with E-state index in [2.05, 4.69) is 23.3 Å². The van der Waals surface area contributed by atoms with Crippen LogP contribution >= 0.6 is 0 Å². The van der Waals surface area contributed by atoms with E-state index in [0.29, 0.717) is 12.1 Å². The van der Waals surface area contributed by atoms with Crippen LogP contribution in [0.4, 0.5) is 5.69 Å². The highest BCUT2D eigenvalue weighted by Gasteiger charge is 2.05. The third-order valence-corrected chi connectivity index (χ3v) is 3.09. The lowest BCUT2D eigenvalue weighted by Crippen LogP contribution is -2.04. The molecule has 0 aliphatic rings. The Bertz CT molecular complexity index is 606. The van der Waals surface area contributed by atoms with Gasteiger partial charge in [-0.3, -0.25) is 4.98 Å². The van der Waals surface area contributed by atoms with E-state index in [0.717, 1.165) is 23.4 Å². The zero-order chi connectivity index (χ0) is 14.5. The highest BCUT2D eigenvalue weighted by molar-refractivity contribution is 5.89. The van der Waals surface area contributed by atoms with Crippen LogP contribution < -0.4 is 5.32 Å². The standard InChI is InChI=1S/C16H18N2O2/c1-3-12-4-5-14(17-9-12)10-18-15-7-11(2)6-13(8-15)16(19)20/h4-9,18H,3,10H2,1-2H3,(H,19,20). The molecule has 0 aliphatic carbocycles. The van der Waals surface area contributed by atoms with E-state index >= 15 is 0 Å². The average Bonchev–Trinajstić information content (AvgIpc) is 2.45. The first-order chi connectivity index (χ1) is 9.58. The first kappa shape index (κ1) is 14.1. The third kappa shape index (κ3) is 3.57. The molecule has 0 radical (unpaired) electrons. The van der Waals surface area contributed by atoms with Gasteiger partial charge in [0.25, 0.3) is 0 Å². The maximum atomic E-state index is 11.0. The van der Waals surface area contributed by atoms with Crippen molar-refractivity contribution < 1.29 is 9.90 Å². The van der Waals surface area contributed by atoms with E-state index in [1.165, 1.54) is 5.56 Å². The molecule has 2 rings (SSSR count). The van der Waals surface area contributed by atoms with E-state index in [1.807, 2.05) is 25.3 Å². The number of hydrogen-bond donors (Lipinski definition) is 2. The van der Waals surface area contributed by atoms with E-state index in [1.54, 1.807) is 12.1 Å². The molecule has 2 N–H and O–H groups in total. The minimum Gasteiger partial charge on any atom is -0.478 e. The van der Waals surface area contributed by atoms with Crippen LogP contribution in [0.25, 0.3) is 0 Å². The Balaban J connectivity index is 2.08. The number of aromatic carboxylic acids is 1. The summed E-state index contributed by atoms with van der Waals surface area (Å²) in [5.74, 6) is -0.915. The van der Waals surface area contributed by atoms with Crippen LogP contribution in [-0.4, -0.2) is 16.1 Å². The number of aryl methyl sites for hydroxylation is 2. The van der Waals surface area contributed by atoms with Crippen molar-refractivity contribution in [3.05, 3.63) is 58.9 Å². The molecule has 104 valence electrons. The molecule has 4 nitrogen and oxygen atoms in total. The van der Waals surface area contributed by atoms with Gasteiger partial charge in [0, 0.05) is 11.9 Å². The molecule has 0 saturated heterocycles. The quantitative estimate of drug-likeness (QED) is 0.875. The lowest BCUT2D eigenvalue weighted by Gasteiger charge is -2.08. The van der Waals surface area contributed by atoms with Crippen LogP contribution in [0.15, 0.2) is 36.5 Å². The molecule has 1 aromatic carbocycles. The Morgan fingerprint density at radius 2 is 2.10 bits per heavy atom. The van der Waals surface area contributed by atoms with Crippen molar-refractivity contribution in [3.63, 3.8) is 0 Å². The Morgan fingerprint density at radius 3 is 2.70 bits per heavy atom. The molecule has 1 heterocycles. The minimum absolute atomic E-state index is 0.293. The zero-order valence-electron chi connectivity index (χ0n) is 11.7. The van der Waals surface area contributed by atoms with Crippen LogP contribution in [0.1, 0.15) is 34.1 Å². The van der Waals surface area contributed by atoms with E-state index in [9.17, 15) is 4.79 Å². The second kappa shape index (κ2) is 6.19. The smallest absolute Gasteiger partial charge is 0.335 e. The highest BCUT2D eigenvalue weighted by Crippen LogP contribution is 2.15. The van der Waals surface area contributed by atoms with E-state index in [4.69, 9.17) is 5.11 Å². The predicted octanol–water partition coefficient (Wildman–Crippen LogP) is 3.26. The second-order valence-electron chi connectivity index (χ2n) is 4.76. The Kier molecular flexibility index (Phi) is 4.35. The summed E-state index contributed by atoms with van der Waals surface area (Å²) in [6, 6.07) is 9.26. The van der Waals surface area contributed by atoms with Gasteiger partial charge in [0.15, 0.2) is 0 Å². The molecule has 2 aromatic rings. The molecule has 0 amide bonds. The van der Waals surface area contributed by atoms with Gasteiger partial charge in [-0.15, -0.1) is 0 Å². The van der Waals surface area contributed by atoms with E-state index < -0.39 is 5.97 Å². The summed E-state index contributed by atoms with van der Waals surface area (Å²) in [6.07, 6.45) is 2.84. The highest BCUT2D eigenvalue weighted by atomic mass is 16.4.